The lowest BCUT2D eigenvalue weighted by molar-refractivity contribution is 0.0663. The Labute approximate surface area is 117 Å². The minimum absolute atomic E-state index is 0.391. The molecule has 18 heavy (non-hydrogen) atoms. The zero-order chi connectivity index (χ0) is 13.0. The zero-order valence-electron chi connectivity index (χ0n) is 11.6. The van der Waals surface area contributed by atoms with Crippen LogP contribution in [0.1, 0.15) is 51.4 Å². The van der Waals surface area contributed by atoms with Crippen molar-refractivity contribution in [2.45, 2.75) is 74.9 Å². The van der Waals surface area contributed by atoms with Crippen LogP contribution in [0.5, 0.6) is 0 Å². The Hall–Kier alpha value is 0.640. The smallest absolute Gasteiger partial charge is 0.0649 e. The van der Waals surface area contributed by atoms with Gasteiger partial charge in [0.25, 0.3) is 0 Å². The quantitative estimate of drug-likeness (QED) is 0.708. The second-order valence-corrected chi connectivity index (χ2v) is 8.78. The van der Waals surface area contributed by atoms with E-state index in [2.05, 4.69) is 0 Å². The number of rotatable bonds is 4. The summed E-state index contributed by atoms with van der Waals surface area (Å²) in [4.78, 5) is 0. The van der Waals surface area contributed by atoms with E-state index in [4.69, 9.17) is 20.7 Å². The van der Waals surface area contributed by atoms with E-state index < -0.39 is 7.27 Å². The van der Waals surface area contributed by atoms with E-state index >= 15 is 0 Å². The number of halogens is 1. The van der Waals surface area contributed by atoms with Gasteiger partial charge in [-0.05, 0) is 25.7 Å². The van der Waals surface area contributed by atoms with E-state index in [-0.39, 0.29) is 0 Å². The fraction of sp³-hybridized carbons (Fsp3) is 1.00. The summed E-state index contributed by atoms with van der Waals surface area (Å²) in [6, 6.07) is 0. The predicted octanol–water partition coefficient (Wildman–Crippen LogP) is 4.54. The average Bonchev–Trinajstić information content (AvgIpc) is 2.46. The molecule has 106 valence electrons. The standard InChI is InChI=1S/C14H26ClO2P/c1-16-11-7-3-5-9-13(11)18(15)14-10-6-4-8-12(14)17-2/h11-14H,3-10H2,1-2H3. The molecule has 0 heterocycles. The Kier molecular flexibility index (Phi) is 6.21. The zero-order valence-corrected chi connectivity index (χ0v) is 13.3. The highest BCUT2D eigenvalue weighted by Crippen LogP contribution is 2.59. The van der Waals surface area contributed by atoms with Crippen molar-refractivity contribution in [3.05, 3.63) is 0 Å². The van der Waals surface area contributed by atoms with Crippen molar-refractivity contribution in [3.63, 3.8) is 0 Å². The third-order valence-corrected chi connectivity index (χ3v) is 8.53. The highest BCUT2D eigenvalue weighted by Gasteiger charge is 2.39. The molecular weight excluding hydrogens is 267 g/mol. The van der Waals surface area contributed by atoms with Crippen molar-refractivity contribution >= 4 is 18.5 Å². The number of ether oxygens (including phenoxy) is 2. The van der Waals surface area contributed by atoms with Crippen molar-refractivity contribution in [2.75, 3.05) is 14.2 Å². The van der Waals surface area contributed by atoms with Crippen LogP contribution in [0.2, 0.25) is 0 Å². The van der Waals surface area contributed by atoms with Gasteiger partial charge in [-0.1, -0.05) is 36.9 Å². The predicted molar refractivity (Wildman–Crippen MR) is 78.9 cm³/mol. The molecule has 2 aliphatic rings. The van der Waals surface area contributed by atoms with E-state index in [1.165, 1.54) is 51.4 Å². The second kappa shape index (κ2) is 7.43. The summed E-state index contributed by atoms with van der Waals surface area (Å²) in [5.41, 5.74) is 1.17. The van der Waals surface area contributed by atoms with Crippen molar-refractivity contribution in [2.24, 2.45) is 0 Å². The minimum atomic E-state index is -0.485. The van der Waals surface area contributed by atoms with Crippen LogP contribution >= 0.6 is 18.5 Å². The first-order chi connectivity index (χ1) is 8.77. The number of hydrogen-bond donors (Lipinski definition) is 0. The monoisotopic (exact) mass is 292 g/mol. The van der Waals surface area contributed by atoms with Crippen LogP contribution in [0.15, 0.2) is 0 Å². The third kappa shape index (κ3) is 3.39. The van der Waals surface area contributed by atoms with E-state index in [1.54, 1.807) is 0 Å². The summed E-state index contributed by atoms with van der Waals surface area (Å²) >= 11 is 6.89. The minimum Gasteiger partial charge on any atom is -0.381 e. The van der Waals surface area contributed by atoms with Gasteiger partial charge in [-0.3, -0.25) is 0 Å². The molecule has 0 aromatic heterocycles. The molecule has 0 aromatic rings. The molecule has 2 saturated carbocycles. The fourth-order valence-corrected chi connectivity index (χ4v) is 7.38. The molecule has 2 nitrogen and oxygen atoms in total. The molecule has 0 aliphatic heterocycles. The Morgan fingerprint density at radius 3 is 1.56 bits per heavy atom. The van der Waals surface area contributed by atoms with Crippen LogP contribution in [-0.4, -0.2) is 37.7 Å². The van der Waals surface area contributed by atoms with Crippen molar-refractivity contribution < 1.29 is 9.47 Å². The maximum absolute atomic E-state index is 6.89. The summed E-state index contributed by atoms with van der Waals surface area (Å²) in [7, 11) is 3.20. The van der Waals surface area contributed by atoms with Crippen LogP contribution in [0, 0.1) is 0 Å². The Bertz CT molecular complexity index is 228. The lowest BCUT2D eigenvalue weighted by atomic mass is 9.96. The van der Waals surface area contributed by atoms with E-state index in [0.29, 0.717) is 23.5 Å². The summed E-state index contributed by atoms with van der Waals surface area (Å²) < 4.78 is 11.4. The van der Waals surface area contributed by atoms with Crippen LogP contribution in [0.25, 0.3) is 0 Å². The number of hydrogen-bond acceptors (Lipinski definition) is 2. The van der Waals surface area contributed by atoms with Crippen molar-refractivity contribution in [3.8, 4) is 0 Å². The van der Waals surface area contributed by atoms with Crippen LogP contribution in [0.4, 0.5) is 0 Å². The molecule has 2 fully saturated rings. The summed E-state index contributed by atoms with van der Waals surface area (Å²) in [5, 5.41) is 0. The summed E-state index contributed by atoms with van der Waals surface area (Å²) in [6.45, 7) is 0. The average molecular weight is 293 g/mol. The largest absolute Gasteiger partial charge is 0.381 e. The first kappa shape index (κ1) is 15.0. The molecule has 0 radical (unpaired) electrons. The van der Waals surface area contributed by atoms with Gasteiger partial charge in [-0.2, -0.15) is 0 Å². The number of methoxy groups -OCH3 is 2. The molecule has 2 aliphatic carbocycles. The third-order valence-electron chi connectivity index (χ3n) is 4.57. The Morgan fingerprint density at radius 2 is 1.17 bits per heavy atom. The summed E-state index contributed by atoms with van der Waals surface area (Å²) in [6.07, 6.45) is 10.9. The molecule has 0 bridgehead atoms. The molecule has 0 aromatic carbocycles. The molecule has 0 spiro atoms. The summed E-state index contributed by atoms with van der Waals surface area (Å²) in [5.74, 6) is 0. The highest BCUT2D eigenvalue weighted by molar-refractivity contribution is 7.85. The molecule has 2 rings (SSSR count). The van der Waals surface area contributed by atoms with Gasteiger partial charge in [0, 0.05) is 32.8 Å². The molecule has 0 amide bonds. The van der Waals surface area contributed by atoms with Crippen molar-refractivity contribution in [1.82, 2.24) is 0 Å². The Morgan fingerprint density at radius 1 is 0.778 bits per heavy atom. The van der Waals surface area contributed by atoms with Crippen LogP contribution in [0.3, 0.4) is 0 Å². The van der Waals surface area contributed by atoms with Gasteiger partial charge < -0.3 is 9.47 Å². The molecule has 4 heteroatoms. The van der Waals surface area contributed by atoms with Crippen LogP contribution in [-0.2, 0) is 9.47 Å². The second-order valence-electron chi connectivity index (χ2n) is 5.60. The van der Waals surface area contributed by atoms with Gasteiger partial charge in [0.05, 0.1) is 12.2 Å². The van der Waals surface area contributed by atoms with Gasteiger partial charge in [0.15, 0.2) is 0 Å². The SMILES string of the molecule is COC1CCCCC1P(Cl)C1CCCCC1OC. The van der Waals surface area contributed by atoms with E-state index in [0.717, 1.165) is 0 Å². The molecule has 4 unspecified atom stereocenters. The maximum Gasteiger partial charge on any atom is 0.0649 e. The van der Waals surface area contributed by atoms with Crippen molar-refractivity contribution in [1.29, 1.82) is 0 Å². The van der Waals surface area contributed by atoms with Crippen LogP contribution < -0.4 is 0 Å². The first-order valence-electron chi connectivity index (χ1n) is 7.27. The van der Waals surface area contributed by atoms with Gasteiger partial charge in [0.2, 0.25) is 0 Å². The van der Waals surface area contributed by atoms with Gasteiger partial charge in [-0.25, -0.2) is 0 Å². The lowest BCUT2D eigenvalue weighted by Crippen LogP contribution is -2.36. The normalized spacial score (nSPS) is 39.5. The molecule has 4 atom stereocenters. The first-order valence-corrected chi connectivity index (χ1v) is 9.66. The molecule has 0 saturated heterocycles. The van der Waals surface area contributed by atoms with E-state index in [1.807, 2.05) is 14.2 Å². The molecular formula is C14H26ClO2P. The van der Waals surface area contributed by atoms with Gasteiger partial charge in [-0.15, -0.1) is 0 Å². The Balaban J connectivity index is 2.00. The van der Waals surface area contributed by atoms with Gasteiger partial charge >= 0.3 is 0 Å². The topological polar surface area (TPSA) is 18.5 Å². The lowest BCUT2D eigenvalue weighted by Gasteiger charge is -2.41. The maximum atomic E-state index is 6.89. The van der Waals surface area contributed by atoms with E-state index in [9.17, 15) is 0 Å². The molecule has 0 N–H and O–H groups in total. The highest BCUT2D eigenvalue weighted by atomic mass is 35.7. The van der Waals surface area contributed by atoms with Gasteiger partial charge in [0.1, 0.15) is 0 Å². The fourth-order valence-electron chi connectivity index (χ4n) is 3.51.